The lowest BCUT2D eigenvalue weighted by molar-refractivity contribution is 0.327. The molecule has 25 heavy (non-hydrogen) atoms. The summed E-state index contributed by atoms with van der Waals surface area (Å²) in [6.07, 6.45) is 0. The number of nitrogens with zero attached hydrogens (tertiary/aromatic N) is 3. The Labute approximate surface area is 154 Å². The van der Waals surface area contributed by atoms with Gasteiger partial charge in [-0.25, -0.2) is 9.07 Å². The van der Waals surface area contributed by atoms with Crippen LogP contribution >= 0.6 is 15.9 Å². The first kappa shape index (κ1) is 17.7. The summed E-state index contributed by atoms with van der Waals surface area (Å²) >= 11 is 3.60. The molecule has 0 saturated heterocycles. The molecule has 0 amide bonds. The van der Waals surface area contributed by atoms with Crippen molar-refractivity contribution >= 4 is 38.3 Å². The Morgan fingerprint density at radius 2 is 2.00 bits per heavy atom. The summed E-state index contributed by atoms with van der Waals surface area (Å²) in [6, 6.07) is 8.79. The van der Waals surface area contributed by atoms with Crippen LogP contribution in [0, 0.1) is 11.2 Å². The fraction of sp³-hybridized carbons (Fsp3) is 0.333. The van der Waals surface area contributed by atoms with Gasteiger partial charge in [-0.1, -0.05) is 32.1 Å². The van der Waals surface area contributed by atoms with Gasteiger partial charge in [-0.2, -0.15) is 0 Å². The highest BCUT2D eigenvalue weighted by Gasteiger charge is 2.17. The van der Waals surface area contributed by atoms with Crippen molar-refractivity contribution in [1.82, 2.24) is 15.0 Å². The van der Waals surface area contributed by atoms with Crippen molar-refractivity contribution in [3.05, 3.63) is 46.2 Å². The lowest BCUT2D eigenvalue weighted by Gasteiger charge is -2.18. The Morgan fingerprint density at radius 1 is 1.24 bits per heavy atom. The molecule has 132 valence electrons. The third-order valence-corrected chi connectivity index (χ3v) is 4.60. The zero-order valence-corrected chi connectivity index (χ0v) is 16.1. The fourth-order valence-electron chi connectivity index (χ4n) is 2.59. The highest BCUT2D eigenvalue weighted by atomic mass is 79.9. The Kier molecular flexibility index (Phi) is 4.69. The number of fused-ring (bicyclic) bond motifs is 1. The average Bonchev–Trinajstić information content (AvgIpc) is 2.92. The van der Waals surface area contributed by atoms with Crippen LogP contribution in [0.1, 0.15) is 26.3 Å². The minimum Gasteiger partial charge on any atom is -0.396 e. The minimum absolute atomic E-state index is 0.114. The molecule has 0 unspecified atom stereocenters. The molecule has 0 aliphatic carbocycles. The molecule has 3 aromatic rings. The second kappa shape index (κ2) is 6.63. The van der Waals surface area contributed by atoms with Crippen LogP contribution in [-0.2, 0) is 13.1 Å². The van der Waals surface area contributed by atoms with Gasteiger partial charge >= 0.3 is 0 Å². The van der Waals surface area contributed by atoms with Crippen LogP contribution in [0.15, 0.2) is 34.8 Å². The molecular formula is C18H21BrFN5. The van der Waals surface area contributed by atoms with E-state index in [2.05, 4.69) is 52.3 Å². The summed E-state index contributed by atoms with van der Waals surface area (Å²) in [5, 5.41) is 11.9. The van der Waals surface area contributed by atoms with Gasteiger partial charge < -0.3 is 11.1 Å². The number of aromatic nitrogens is 3. The van der Waals surface area contributed by atoms with E-state index in [0.29, 0.717) is 6.54 Å². The van der Waals surface area contributed by atoms with E-state index in [4.69, 9.17) is 5.73 Å². The molecule has 0 aliphatic heterocycles. The summed E-state index contributed by atoms with van der Waals surface area (Å²) in [4.78, 5) is 0. The van der Waals surface area contributed by atoms with E-state index < -0.39 is 5.82 Å². The lowest BCUT2D eigenvalue weighted by Crippen LogP contribution is -2.16. The average molecular weight is 406 g/mol. The number of benzene rings is 2. The van der Waals surface area contributed by atoms with Gasteiger partial charge in [0, 0.05) is 13.1 Å². The number of halogens is 2. The smallest absolute Gasteiger partial charge is 0.146 e. The molecule has 3 rings (SSSR count). The maximum absolute atomic E-state index is 13.5. The predicted molar refractivity (Wildman–Crippen MR) is 103 cm³/mol. The summed E-state index contributed by atoms with van der Waals surface area (Å²) in [6.45, 7) is 7.76. The molecule has 0 saturated carbocycles. The molecule has 1 aromatic heterocycles. The van der Waals surface area contributed by atoms with E-state index in [9.17, 15) is 4.39 Å². The molecule has 0 spiro atoms. The van der Waals surface area contributed by atoms with Crippen molar-refractivity contribution < 1.29 is 4.39 Å². The van der Waals surface area contributed by atoms with E-state index in [1.54, 1.807) is 12.1 Å². The number of nitrogens with one attached hydrogen (secondary N) is 1. The third kappa shape index (κ3) is 3.92. The van der Waals surface area contributed by atoms with Gasteiger partial charge in [0.25, 0.3) is 0 Å². The Balaban J connectivity index is 1.83. The van der Waals surface area contributed by atoms with Crippen molar-refractivity contribution in [3.8, 4) is 0 Å². The first-order chi connectivity index (χ1) is 11.7. The summed E-state index contributed by atoms with van der Waals surface area (Å²) in [7, 11) is 0. The van der Waals surface area contributed by atoms with Crippen LogP contribution in [-0.4, -0.2) is 15.0 Å². The third-order valence-electron chi connectivity index (χ3n) is 3.80. The zero-order valence-electron chi connectivity index (χ0n) is 14.5. The normalized spacial score (nSPS) is 11.9. The SMILES string of the molecule is CC(C)(C)Cn1nnc2c(Br)c(NCc3ccc(N)c(F)c3)ccc21. The number of rotatable bonds is 4. The van der Waals surface area contributed by atoms with Gasteiger partial charge in [0.1, 0.15) is 11.3 Å². The Morgan fingerprint density at radius 3 is 2.68 bits per heavy atom. The molecule has 7 heteroatoms. The fourth-order valence-corrected chi connectivity index (χ4v) is 3.14. The highest BCUT2D eigenvalue weighted by Crippen LogP contribution is 2.31. The molecule has 2 aromatic carbocycles. The van der Waals surface area contributed by atoms with Gasteiger partial charge in [0.15, 0.2) is 0 Å². The molecule has 0 aliphatic rings. The Bertz CT molecular complexity index is 914. The molecule has 0 radical (unpaired) electrons. The molecule has 0 bridgehead atoms. The van der Waals surface area contributed by atoms with Crippen LogP contribution in [0.2, 0.25) is 0 Å². The monoisotopic (exact) mass is 405 g/mol. The maximum atomic E-state index is 13.5. The minimum atomic E-state index is -0.404. The van der Waals surface area contributed by atoms with Crippen molar-refractivity contribution in [2.75, 3.05) is 11.1 Å². The van der Waals surface area contributed by atoms with E-state index in [0.717, 1.165) is 33.3 Å². The first-order valence-corrected chi connectivity index (χ1v) is 8.83. The number of nitrogens with two attached hydrogens (primary N) is 1. The van der Waals surface area contributed by atoms with Crippen molar-refractivity contribution in [2.45, 2.75) is 33.9 Å². The second-order valence-corrected chi connectivity index (χ2v) is 8.11. The van der Waals surface area contributed by atoms with E-state index >= 15 is 0 Å². The molecule has 0 atom stereocenters. The van der Waals surface area contributed by atoms with Crippen LogP contribution in [0.5, 0.6) is 0 Å². The van der Waals surface area contributed by atoms with Crippen molar-refractivity contribution in [1.29, 1.82) is 0 Å². The Hall–Kier alpha value is -2.15. The summed E-state index contributed by atoms with van der Waals surface area (Å²) in [5.41, 5.74) is 9.25. The number of hydrogen-bond donors (Lipinski definition) is 2. The second-order valence-electron chi connectivity index (χ2n) is 7.31. The highest BCUT2D eigenvalue weighted by molar-refractivity contribution is 9.10. The van der Waals surface area contributed by atoms with Crippen LogP contribution in [0.25, 0.3) is 11.0 Å². The quantitative estimate of drug-likeness (QED) is 0.623. The van der Waals surface area contributed by atoms with Crippen LogP contribution < -0.4 is 11.1 Å². The number of nitrogen functional groups attached to an aromatic ring is 1. The van der Waals surface area contributed by atoms with Gasteiger partial charge in [0.05, 0.1) is 21.4 Å². The number of hydrogen-bond acceptors (Lipinski definition) is 4. The largest absolute Gasteiger partial charge is 0.396 e. The van der Waals surface area contributed by atoms with E-state index in [1.807, 2.05) is 16.8 Å². The lowest BCUT2D eigenvalue weighted by atomic mass is 9.97. The standard InChI is InChI=1S/C18H21BrFN5/c1-18(2,3)10-25-15-7-6-14(16(19)17(15)23-24-25)22-9-11-4-5-13(21)12(20)8-11/h4-8,22H,9-10,21H2,1-3H3. The topological polar surface area (TPSA) is 68.8 Å². The van der Waals surface area contributed by atoms with Gasteiger partial charge in [-0.05, 0) is 51.2 Å². The first-order valence-electron chi connectivity index (χ1n) is 8.04. The molecule has 1 heterocycles. The zero-order chi connectivity index (χ0) is 18.2. The molecule has 0 fully saturated rings. The summed E-state index contributed by atoms with van der Waals surface area (Å²) in [5.74, 6) is -0.404. The van der Waals surface area contributed by atoms with Crippen molar-refractivity contribution in [2.24, 2.45) is 5.41 Å². The number of anilines is 2. The van der Waals surface area contributed by atoms with Crippen LogP contribution in [0.4, 0.5) is 15.8 Å². The predicted octanol–water partition coefficient (Wildman–Crippen LogP) is 4.57. The summed E-state index contributed by atoms with van der Waals surface area (Å²) < 4.78 is 16.3. The van der Waals surface area contributed by atoms with Crippen LogP contribution in [0.3, 0.4) is 0 Å². The van der Waals surface area contributed by atoms with E-state index in [1.165, 1.54) is 6.07 Å². The van der Waals surface area contributed by atoms with Gasteiger partial charge in [0.2, 0.25) is 0 Å². The maximum Gasteiger partial charge on any atom is 0.146 e. The molecule has 5 nitrogen and oxygen atoms in total. The molecule has 3 N–H and O–H groups in total. The van der Waals surface area contributed by atoms with Gasteiger partial charge in [-0.15, -0.1) is 5.10 Å². The molecular weight excluding hydrogens is 385 g/mol. The van der Waals surface area contributed by atoms with E-state index in [-0.39, 0.29) is 11.1 Å². The van der Waals surface area contributed by atoms with Gasteiger partial charge in [-0.3, -0.25) is 0 Å². The van der Waals surface area contributed by atoms with Crippen molar-refractivity contribution in [3.63, 3.8) is 0 Å².